The number of amides is 1. The lowest BCUT2D eigenvalue weighted by Crippen LogP contribution is -3.07. The average molecular weight is 215 g/mol. The van der Waals surface area contributed by atoms with Crippen molar-refractivity contribution in [2.75, 3.05) is 20.3 Å². The van der Waals surface area contributed by atoms with E-state index in [1.807, 2.05) is 0 Å². The maximum absolute atomic E-state index is 12.0. The first-order chi connectivity index (χ1) is 6.90. The first-order valence-corrected chi connectivity index (χ1v) is 5.57. The van der Waals surface area contributed by atoms with Crippen LogP contribution < -0.4 is 10.6 Å². The van der Waals surface area contributed by atoms with Crippen LogP contribution in [0.25, 0.3) is 0 Å². The lowest BCUT2D eigenvalue weighted by Gasteiger charge is -2.37. The summed E-state index contributed by atoms with van der Waals surface area (Å²) in [5, 5.41) is 4.95. The highest BCUT2D eigenvalue weighted by molar-refractivity contribution is 5.84. The van der Waals surface area contributed by atoms with E-state index in [4.69, 9.17) is 4.74 Å². The molecule has 0 aliphatic carbocycles. The van der Waals surface area contributed by atoms with E-state index in [0.29, 0.717) is 13.2 Å². The molecule has 0 spiro atoms. The first-order valence-electron chi connectivity index (χ1n) is 5.57. The van der Waals surface area contributed by atoms with Crippen molar-refractivity contribution < 1.29 is 14.8 Å². The molecule has 1 aliphatic heterocycles. The number of nitrogens with one attached hydrogen (secondary N) is 1. The fourth-order valence-electron chi connectivity index (χ4n) is 2.25. The second kappa shape index (κ2) is 4.49. The van der Waals surface area contributed by atoms with Gasteiger partial charge in [-0.25, -0.2) is 0 Å². The molecule has 0 radical (unpaired) electrons. The predicted molar refractivity (Wildman–Crippen MR) is 58.5 cm³/mol. The van der Waals surface area contributed by atoms with E-state index in [1.54, 1.807) is 7.05 Å². The summed E-state index contributed by atoms with van der Waals surface area (Å²) in [6, 6.07) is 0. The Morgan fingerprint density at radius 1 is 1.33 bits per heavy atom. The highest BCUT2D eigenvalue weighted by Gasteiger charge is 2.45. The largest absolute Gasteiger partial charge is 0.381 e. The van der Waals surface area contributed by atoms with E-state index in [1.165, 1.54) is 0 Å². The summed E-state index contributed by atoms with van der Waals surface area (Å²) < 4.78 is 5.33. The van der Waals surface area contributed by atoms with Gasteiger partial charge in [0, 0.05) is 19.9 Å². The minimum atomic E-state index is -0.328. The SMILES string of the molecule is CNC(=O)C1([NH2+]C(C)(C)C)CCOCC1. The molecule has 15 heavy (non-hydrogen) atoms. The molecule has 0 saturated carbocycles. The molecule has 1 heterocycles. The molecule has 1 aliphatic rings. The summed E-state index contributed by atoms with van der Waals surface area (Å²) in [4.78, 5) is 12.0. The van der Waals surface area contributed by atoms with E-state index in [2.05, 4.69) is 31.4 Å². The standard InChI is InChI=1S/C11H22N2O2/c1-10(2,3)13-11(9(14)12-4)5-7-15-8-6-11/h13H,5-8H2,1-4H3,(H,12,14)/p+1. The third kappa shape index (κ3) is 3.18. The maximum atomic E-state index is 12.0. The Kier molecular flexibility index (Phi) is 3.73. The van der Waals surface area contributed by atoms with Gasteiger partial charge >= 0.3 is 0 Å². The van der Waals surface area contributed by atoms with E-state index in [9.17, 15) is 4.79 Å². The Balaban J connectivity index is 2.80. The number of quaternary nitrogens is 1. The van der Waals surface area contributed by atoms with E-state index < -0.39 is 0 Å². The van der Waals surface area contributed by atoms with Crippen LogP contribution in [0.5, 0.6) is 0 Å². The molecule has 0 unspecified atom stereocenters. The number of hydrogen-bond acceptors (Lipinski definition) is 2. The lowest BCUT2D eigenvalue weighted by molar-refractivity contribution is -0.771. The van der Waals surface area contributed by atoms with Gasteiger partial charge < -0.3 is 15.4 Å². The minimum absolute atomic E-state index is 0.0594. The van der Waals surface area contributed by atoms with Crippen LogP contribution in [0.4, 0.5) is 0 Å². The molecule has 0 aromatic carbocycles. The van der Waals surface area contributed by atoms with Crippen molar-refractivity contribution in [1.29, 1.82) is 0 Å². The summed E-state index contributed by atoms with van der Waals surface area (Å²) in [6.45, 7) is 7.76. The molecule has 1 fully saturated rings. The van der Waals surface area contributed by atoms with Crippen LogP contribution in [-0.4, -0.2) is 37.2 Å². The molecular weight excluding hydrogens is 192 g/mol. The fourth-order valence-corrected chi connectivity index (χ4v) is 2.25. The monoisotopic (exact) mass is 215 g/mol. The molecule has 88 valence electrons. The van der Waals surface area contributed by atoms with E-state index >= 15 is 0 Å². The molecule has 3 N–H and O–H groups in total. The van der Waals surface area contributed by atoms with Gasteiger partial charge in [-0.15, -0.1) is 0 Å². The number of likely N-dealkylation sites (N-methyl/N-ethyl adjacent to an activating group) is 1. The topological polar surface area (TPSA) is 54.9 Å². The maximum Gasteiger partial charge on any atom is 0.281 e. The highest BCUT2D eigenvalue weighted by Crippen LogP contribution is 2.17. The van der Waals surface area contributed by atoms with E-state index in [-0.39, 0.29) is 17.0 Å². The number of rotatable bonds is 2. The molecule has 4 nitrogen and oxygen atoms in total. The van der Waals surface area contributed by atoms with Gasteiger partial charge in [0.15, 0.2) is 5.54 Å². The quantitative estimate of drug-likeness (QED) is 0.661. The number of nitrogens with two attached hydrogens (primary N) is 1. The first kappa shape index (κ1) is 12.5. The average Bonchev–Trinajstić information content (AvgIpc) is 2.15. The summed E-state index contributed by atoms with van der Waals surface area (Å²) in [7, 11) is 1.70. The second-order valence-electron chi connectivity index (χ2n) is 5.36. The molecule has 1 amide bonds. The highest BCUT2D eigenvalue weighted by atomic mass is 16.5. The van der Waals surface area contributed by atoms with Gasteiger partial charge in [-0.1, -0.05) is 0 Å². The number of carbonyl (C=O) groups is 1. The zero-order chi connectivity index (χ0) is 11.5. The number of ether oxygens (including phenoxy) is 1. The zero-order valence-electron chi connectivity index (χ0n) is 10.2. The summed E-state index contributed by atoms with van der Waals surface area (Å²) in [6.07, 6.45) is 1.59. The second-order valence-corrected chi connectivity index (χ2v) is 5.36. The van der Waals surface area contributed by atoms with Gasteiger partial charge in [-0.2, -0.15) is 0 Å². The van der Waals surface area contributed by atoms with Crippen molar-refractivity contribution in [2.45, 2.75) is 44.7 Å². The third-order valence-electron chi connectivity index (χ3n) is 2.77. The van der Waals surface area contributed by atoms with Crippen molar-refractivity contribution in [3.05, 3.63) is 0 Å². The number of carbonyl (C=O) groups excluding carboxylic acids is 1. The van der Waals surface area contributed by atoms with Crippen LogP contribution in [0.3, 0.4) is 0 Å². The van der Waals surface area contributed by atoms with Gasteiger partial charge in [0.05, 0.1) is 18.8 Å². The summed E-state index contributed by atoms with van der Waals surface area (Å²) >= 11 is 0. The zero-order valence-corrected chi connectivity index (χ0v) is 10.2. The van der Waals surface area contributed by atoms with Crippen molar-refractivity contribution in [3.8, 4) is 0 Å². The Labute approximate surface area is 91.8 Å². The minimum Gasteiger partial charge on any atom is -0.381 e. The van der Waals surface area contributed by atoms with Gasteiger partial charge in [0.25, 0.3) is 5.91 Å². The summed E-state index contributed by atoms with van der Waals surface area (Å²) in [5.74, 6) is 0.126. The molecule has 1 saturated heterocycles. The Bertz CT molecular complexity index is 227. The molecule has 0 bridgehead atoms. The molecule has 4 heteroatoms. The molecule has 1 rings (SSSR count). The predicted octanol–water partition coefficient (Wildman–Crippen LogP) is -0.357. The van der Waals surface area contributed by atoms with Crippen LogP contribution in [0.2, 0.25) is 0 Å². The van der Waals surface area contributed by atoms with Gasteiger partial charge in [0.2, 0.25) is 0 Å². The molecular formula is C11H23N2O2+. The van der Waals surface area contributed by atoms with Crippen molar-refractivity contribution >= 4 is 5.91 Å². The molecule has 0 aromatic heterocycles. The molecule has 0 aromatic rings. The van der Waals surface area contributed by atoms with Crippen molar-refractivity contribution in [3.63, 3.8) is 0 Å². The van der Waals surface area contributed by atoms with Gasteiger partial charge in [-0.05, 0) is 20.8 Å². The van der Waals surface area contributed by atoms with Gasteiger partial charge in [-0.3, -0.25) is 4.79 Å². The van der Waals surface area contributed by atoms with Crippen molar-refractivity contribution in [2.24, 2.45) is 0 Å². The Morgan fingerprint density at radius 3 is 2.27 bits per heavy atom. The lowest BCUT2D eigenvalue weighted by atomic mass is 9.86. The van der Waals surface area contributed by atoms with Crippen LogP contribution >= 0.6 is 0 Å². The third-order valence-corrected chi connectivity index (χ3v) is 2.77. The van der Waals surface area contributed by atoms with Crippen LogP contribution in [0, 0.1) is 0 Å². The molecule has 0 atom stereocenters. The van der Waals surface area contributed by atoms with E-state index in [0.717, 1.165) is 12.8 Å². The van der Waals surface area contributed by atoms with Crippen molar-refractivity contribution in [1.82, 2.24) is 5.32 Å². The normalized spacial score (nSPS) is 21.1. The fraction of sp³-hybridized carbons (Fsp3) is 0.909. The van der Waals surface area contributed by atoms with Crippen LogP contribution in [0.1, 0.15) is 33.6 Å². The van der Waals surface area contributed by atoms with Crippen LogP contribution in [-0.2, 0) is 9.53 Å². The number of hydrogen-bond donors (Lipinski definition) is 2. The smallest absolute Gasteiger partial charge is 0.281 e. The van der Waals surface area contributed by atoms with Crippen LogP contribution in [0.15, 0.2) is 0 Å². The van der Waals surface area contributed by atoms with Gasteiger partial charge in [0.1, 0.15) is 0 Å². The Morgan fingerprint density at radius 2 is 1.87 bits per heavy atom. The Hall–Kier alpha value is -0.610. The summed E-state index contributed by atoms with van der Waals surface area (Å²) in [5.41, 5.74) is -0.269.